The van der Waals surface area contributed by atoms with Gasteiger partial charge in [0.2, 0.25) is 5.91 Å². The fourth-order valence-electron chi connectivity index (χ4n) is 0.958. The molecule has 5 nitrogen and oxygen atoms in total. The minimum Gasteiger partial charge on any atom is -0.395 e. The van der Waals surface area contributed by atoms with Crippen LogP contribution in [0, 0.1) is 0 Å². The number of likely N-dealkylation sites (N-methyl/N-ethyl adjacent to an activating group) is 1. The molecule has 0 aliphatic rings. The first-order chi connectivity index (χ1) is 6.70. The molecule has 0 heterocycles. The lowest BCUT2D eigenvalue weighted by Gasteiger charge is -2.14. The van der Waals surface area contributed by atoms with Crippen molar-refractivity contribution in [1.82, 2.24) is 10.2 Å². The maximum absolute atomic E-state index is 11.2. The molecule has 0 rings (SSSR count). The number of hydrogen-bond acceptors (Lipinski definition) is 4. The number of ether oxygens (including phenoxy) is 1. The van der Waals surface area contributed by atoms with E-state index >= 15 is 0 Å². The lowest BCUT2D eigenvalue weighted by Crippen LogP contribution is -2.37. The van der Waals surface area contributed by atoms with Crippen molar-refractivity contribution in [3.63, 3.8) is 0 Å². The van der Waals surface area contributed by atoms with Crippen LogP contribution in [0.25, 0.3) is 0 Å². The molecule has 0 radical (unpaired) electrons. The highest BCUT2D eigenvalue weighted by Crippen LogP contribution is 1.80. The van der Waals surface area contributed by atoms with Crippen molar-refractivity contribution in [2.24, 2.45) is 0 Å². The minimum absolute atomic E-state index is 0.0411. The average Bonchev–Trinajstić information content (AvgIpc) is 2.13. The van der Waals surface area contributed by atoms with Gasteiger partial charge in [-0.1, -0.05) is 0 Å². The second-order valence-corrected chi connectivity index (χ2v) is 3.01. The Morgan fingerprint density at radius 2 is 2.29 bits per heavy atom. The molecular weight excluding hydrogens is 184 g/mol. The Morgan fingerprint density at radius 1 is 1.57 bits per heavy atom. The maximum Gasteiger partial charge on any atom is 0.234 e. The average molecular weight is 204 g/mol. The molecular formula is C9H20N2O3. The summed E-state index contributed by atoms with van der Waals surface area (Å²) in [4.78, 5) is 13.0. The van der Waals surface area contributed by atoms with Gasteiger partial charge in [0.15, 0.2) is 0 Å². The van der Waals surface area contributed by atoms with Crippen LogP contribution < -0.4 is 5.32 Å². The lowest BCUT2D eigenvalue weighted by molar-refractivity contribution is -0.122. The van der Waals surface area contributed by atoms with Gasteiger partial charge in [0.1, 0.15) is 0 Å². The van der Waals surface area contributed by atoms with E-state index in [1.807, 2.05) is 6.92 Å². The van der Waals surface area contributed by atoms with Crippen LogP contribution in [0.1, 0.15) is 6.92 Å². The molecule has 1 amide bonds. The van der Waals surface area contributed by atoms with Gasteiger partial charge in [0.05, 0.1) is 19.8 Å². The Hall–Kier alpha value is -0.650. The van der Waals surface area contributed by atoms with E-state index < -0.39 is 0 Å². The van der Waals surface area contributed by atoms with Crippen molar-refractivity contribution in [2.45, 2.75) is 6.92 Å². The van der Waals surface area contributed by atoms with E-state index in [1.165, 1.54) is 0 Å². The van der Waals surface area contributed by atoms with Crippen LogP contribution in [-0.2, 0) is 9.53 Å². The zero-order chi connectivity index (χ0) is 10.8. The molecule has 2 N–H and O–H groups in total. The Labute approximate surface area is 85.0 Å². The summed E-state index contributed by atoms with van der Waals surface area (Å²) in [6, 6.07) is 0. The minimum atomic E-state index is -0.0411. The van der Waals surface area contributed by atoms with Crippen LogP contribution in [0.15, 0.2) is 0 Å². The highest BCUT2D eigenvalue weighted by atomic mass is 16.5. The fourth-order valence-corrected chi connectivity index (χ4v) is 0.958. The van der Waals surface area contributed by atoms with Crippen molar-refractivity contribution < 1.29 is 14.6 Å². The van der Waals surface area contributed by atoms with Crippen LogP contribution in [0.5, 0.6) is 0 Å². The highest BCUT2D eigenvalue weighted by Gasteiger charge is 2.04. The molecule has 14 heavy (non-hydrogen) atoms. The van der Waals surface area contributed by atoms with E-state index in [4.69, 9.17) is 9.84 Å². The summed E-state index contributed by atoms with van der Waals surface area (Å²) in [6.07, 6.45) is 0. The molecule has 0 aromatic carbocycles. The second kappa shape index (κ2) is 8.93. The van der Waals surface area contributed by atoms with Gasteiger partial charge in [0.25, 0.3) is 0 Å². The third-order valence-corrected chi connectivity index (χ3v) is 1.67. The van der Waals surface area contributed by atoms with Crippen LogP contribution in [0.2, 0.25) is 0 Å². The molecule has 0 atom stereocenters. The van der Waals surface area contributed by atoms with Gasteiger partial charge in [-0.25, -0.2) is 0 Å². The van der Waals surface area contributed by atoms with E-state index in [1.54, 1.807) is 11.9 Å². The first-order valence-corrected chi connectivity index (χ1v) is 4.84. The third-order valence-electron chi connectivity index (χ3n) is 1.67. The second-order valence-electron chi connectivity index (χ2n) is 3.01. The van der Waals surface area contributed by atoms with Gasteiger partial charge in [-0.2, -0.15) is 0 Å². The molecule has 0 unspecified atom stereocenters. The lowest BCUT2D eigenvalue weighted by atomic mass is 10.5. The summed E-state index contributed by atoms with van der Waals surface area (Å²) in [5, 5.41) is 11.3. The van der Waals surface area contributed by atoms with Crippen LogP contribution in [0.4, 0.5) is 0 Å². The van der Waals surface area contributed by atoms with Crippen molar-refractivity contribution in [1.29, 1.82) is 0 Å². The van der Waals surface area contributed by atoms with E-state index in [0.717, 1.165) is 0 Å². The van der Waals surface area contributed by atoms with Gasteiger partial charge < -0.3 is 15.2 Å². The summed E-state index contributed by atoms with van der Waals surface area (Å²) in [5.41, 5.74) is 0. The molecule has 0 saturated carbocycles. The standard InChI is InChI=1S/C9H20N2O3/c1-3-14-7-4-10-9(13)8-11(2)5-6-12/h12H,3-8H2,1-2H3,(H,10,13). The predicted molar refractivity (Wildman–Crippen MR) is 54.1 cm³/mol. The summed E-state index contributed by atoms with van der Waals surface area (Å²) in [5.74, 6) is -0.0411. The summed E-state index contributed by atoms with van der Waals surface area (Å²) in [6.45, 7) is 4.57. The Bertz CT molecular complexity index is 153. The molecule has 0 aromatic heterocycles. The smallest absolute Gasteiger partial charge is 0.234 e. The Kier molecular flexibility index (Phi) is 8.51. The number of hydrogen-bond donors (Lipinski definition) is 2. The largest absolute Gasteiger partial charge is 0.395 e. The number of aliphatic hydroxyl groups excluding tert-OH is 1. The SMILES string of the molecule is CCOCCNC(=O)CN(C)CCO. The number of nitrogens with one attached hydrogen (secondary N) is 1. The number of carbonyl (C=O) groups excluding carboxylic acids is 1. The van der Waals surface area contributed by atoms with E-state index in [0.29, 0.717) is 32.8 Å². The van der Waals surface area contributed by atoms with E-state index in [-0.39, 0.29) is 12.5 Å². The number of aliphatic hydroxyl groups is 1. The molecule has 0 aliphatic carbocycles. The Balaban J connectivity index is 3.35. The molecule has 0 saturated heterocycles. The van der Waals surface area contributed by atoms with Crippen molar-refractivity contribution in [3.8, 4) is 0 Å². The monoisotopic (exact) mass is 204 g/mol. The zero-order valence-corrected chi connectivity index (χ0v) is 8.95. The third kappa shape index (κ3) is 7.97. The first-order valence-electron chi connectivity index (χ1n) is 4.84. The number of amides is 1. The molecule has 0 aromatic rings. The van der Waals surface area contributed by atoms with Gasteiger partial charge >= 0.3 is 0 Å². The van der Waals surface area contributed by atoms with Crippen LogP contribution in [-0.4, -0.2) is 62.4 Å². The highest BCUT2D eigenvalue weighted by molar-refractivity contribution is 5.77. The number of nitrogens with zero attached hydrogens (tertiary/aromatic N) is 1. The van der Waals surface area contributed by atoms with Gasteiger partial charge in [-0.05, 0) is 14.0 Å². The number of carbonyl (C=O) groups is 1. The normalized spacial score (nSPS) is 10.6. The van der Waals surface area contributed by atoms with Crippen LogP contribution in [0.3, 0.4) is 0 Å². The van der Waals surface area contributed by atoms with Crippen molar-refractivity contribution in [3.05, 3.63) is 0 Å². The van der Waals surface area contributed by atoms with Crippen molar-refractivity contribution >= 4 is 5.91 Å². The van der Waals surface area contributed by atoms with Gasteiger partial charge in [0, 0.05) is 19.7 Å². The zero-order valence-electron chi connectivity index (χ0n) is 8.95. The van der Waals surface area contributed by atoms with E-state index in [2.05, 4.69) is 5.32 Å². The fraction of sp³-hybridized carbons (Fsp3) is 0.889. The Morgan fingerprint density at radius 3 is 2.86 bits per heavy atom. The predicted octanol–water partition coefficient (Wildman–Crippen LogP) is -0.937. The van der Waals surface area contributed by atoms with Crippen LogP contribution >= 0.6 is 0 Å². The quantitative estimate of drug-likeness (QED) is 0.501. The molecule has 84 valence electrons. The summed E-state index contributed by atoms with van der Waals surface area (Å²) in [7, 11) is 1.79. The van der Waals surface area contributed by atoms with Gasteiger partial charge in [-0.15, -0.1) is 0 Å². The molecule has 5 heteroatoms. The maximum atomic E-state index is 11.2. The summed E-state index contributed by atoms with van der Waals surface area (Å²) >= 11 is 0. The first kappa shape index (κ1) is 13.4. The number of rotatable bonds is 8. The topological polar surface area (TPSA) is 61.8 Å². The summed E-state index contributed by atoms with van der Waals surface area (Å²) < 4.78 is 5.07. The molecule has 0 aliphatic heterocycles. The molecule has 0 spiro atoms. The van der Waals surface area contributed by atoms with Gasteiger partial charge in [-0.3, -0.25) is 9.69 Å². The molecule has 0 bridgehead atoms. The molecule has 0 fully saturated rings. The van der Waals surface area contributed by atoms with E-state index in [9.17, 15) is 4.79 Å². The van der Waals surface area contributed by atoms with Crippen molar-refractivity contribution in [2.75, 3.05) is 46.5 Å².